The van der Waals surface area contributed by atoms with Gasteiger partial charge in [-0.25, -0.2) is 0 Å². The smallest absolute Gasteiger partial charge is 0.217 e. The van der Waals surface area contributed by atoms with Crippen molar-refractivity contribution in [1.82, 2.24) is 5.32 Å². The van der Waals surface area contributed by atoms with E-state index in [1.807, 2.05) is 66.4 Å². The van der Waals surface area contributed by atoms with Crippen LogP contribution in [0.25, 0.3) is 0 Å². The minimum absolute atomic E-state index is 0.105. The average molecular weight is 590 g/mol. The molecule has 1 saturated heterocycles. The molecule has 1 aliphatic heterocycles. The first-order valence-electron chi connectivity index (χ1n) is 15.2. The topological polar surface area (TPSA) is 66.0 Å². The molecule has 224 valence electrons. The number of thioether (sulfide) groups is 1. The lowest BCUT2D eigenvalue weighted by molar-refractivity contribution is -0.216. The molecule has 1 amide bonds. The fourth-order valence-electron chi connectivity index (χ4n) is 5.73. The molecule has 3 aromatic carbocycles. The van der Waals surface area contributed by atoms with Gasteiger partial charge in [-0.05, 0) is 29.5 Å². The second-order valence-electron chi connectivity index (χ2n) is 11.2. The molecule has 1 saturated carbocycles. The second kappa shape index (κ2) is 16.2. The monoisotopic (exact) mass is 589 g/mol. The number of ether oxygens (including phenoxy) is 4. The van der Waals surface area contributed by atoms with Crippen LogP contribution < -0.4 is 5.32 Å². The van der Waals surface area contributed by atoms with Crippen molar-refractivity contribution in [3.05, 3.63) is 108 Å². The van der Waals surface area contributed by atoms with Crippen LogP contribution in [0.1, 0.15) is 55.7 Å². The molecule has 0 bridgehead atoms. The predicted octanol–water partition coefficient (Wildman–Crippen LogP) is 6.67. The summed E-state index contributed by atoms with van der Waals surface area (Å²) >= 11 is 1.84. The van der Waals surface area contributed by atoms with Crippen molar-refractivity contribution in [2.24, 2.45) is 0 Å². The Morgan fingerprint density at radius 1 is 0.762 bits per heavy atom. The van der Waals surface area contributed by atoms with Crippen molar-refractivity contribution < 1.29 is 23.7 Å². The van der Waals surface area contributed by atoms with Crippen LogP contribution in [0.4, 0.5) is 0 Å². The third-order valence-corrected chi connectivity index (χ3v) is 9.39. The molecule has 5 rings (SSSR count). The van der Waals surface area contributed by atoms with Gasteiger partial charge in [0.1, 0.15) is 23.7 Å². The Morgan fingerprint density at radius 3 is 1.83 bits per heavy atom. The molecule has 2 aliphatic rings. The summed E-state index contributed by atoms with van der Waals surface area (Å²) in [5, 5.41) is 3.70. The van der Waals surface area contributed by atoms with Gasteiger partial charge in [0.2, 0.25) is 5.91 Å². The van der Waals surface area contributed by atoms with Crippen LogP contribution in [0.3, 0.4) is 0 Å². The lowest BCUT2D eigenvalue weighted by atomic mass is 9.97. The van der Waals surface area contributed by atoms with E-state index in [4.69, 9.17) is 18.9 Å². The van der Waals surface area contributed by atoms with E-state index in [0.29, 0.717) is 31.7 Å². The highest BCUT2D eigenvalue weighted by Gasteiger charge is 2.49. The lowest BCUT2D eigenvalue weighted by Gasteiger charge is -2.47. The normalized spacial score (nSPS) is 24.7. The number of rotatable bonds is 13. The predicted molar refractivity (Wildman–Crippen MR) is 167 cm³/mol. The van der Waals surface area contributed by atoms with Crippen LogP contribution in [-0.4, -0.2) is 47.6 Å². The van der Waals surface area contributed by atoms with Crippen molar-refractivity contribution in [3.63, 3.8) is 0 Å². The van der Waals surface area contributed by atoms with Gasteiger partial charge in [-0.2, -0.15) is 0 Å². The Morgan fingerprint density at radius 2 is 1.29 bits per heavy atom. The van der Waals surface area contributed by atoms with Gasteiger partial charge in [-0.1, -0.05) is 110 Å². The van der Waals surface area contributed by atoms with E-state index in [-0.39, 0.29) is 23.5 Å². The minimum atomic E-state index is -0.454. The summed E-state index contributed by atoms with van der Waals surface area (Å²) in [6.45, 7) is 3.21. The first kappa shape index (κ1) is 30.8. The van der Waals surface area contributed by atoms with Crippen molar-refractivity contribution in [2.45, 2.75) is 93.9 Å². The third-order valence-electron chi connectivity index (χ3n) is 7.86. The summed E-state index contributed by atoms with van der Waals surface area (Å²) < 4.78 is 26.4. The lowest BCUT2D eigenvalue weighted by Crippen LogP contribution is -2.64. The first-order chi connectivity index (χ1) is 20.7. The number of carbonyl (C=O) groups is 1. The highest BCUT2D eigenvalue weighted by atomic mass is 32.2. The Kier molecular flexibility index (Phi) is 11.9. The van der Waals surface area contributed by atoms with Gasteiger partial charge in [0.05, 0.1) is 32.5 Å². The van der Waals surface area contributed by atoms with Gasteiger partial charge < -0.3 is 24.3 Å². The molecule has 2 fully saturated rings. The fraction of sp³-hybridized carbons (Fsp3) is 0.457. The number of amides is 1. The quantitative estimate of drug-likeness (QED) is 0.240. The van der Waals surface area contributed by atoms with Crippen molar-refractivity contribution in [1.29, 1.82) is 0 Å². The van der Waals surface area contributed by atoms with Gasteiger partial charge in [0.15, 0.2) is 0 Å². The molecule has 1 heterocycles. The largest absolute Gasteiger partial charge is 0.374 e. The van der Waals surface area contributed by atoms with Crippen molar-refractivity contribution in [3.8, 4) is 0 Å². The number of carbonyl (C=O) groups excluding carboxylic acids is 1. The van der Waals surface area contributed by atoms with Crippen LogP contribution in [0.15, 0.2) is 91.0 Å². The molecule has 42 heavy (non-hydrogen) atoms. The maximum absolute atomic E-state index is 12.6. The van der Waals surface area contributed by atoms with E-state index in [9.17, 15) is 4.79 Å². The van der Waals surface area contributed by atoms with Gasteiger partial charge >= 0.3 is 0 Å². The van der Waals surface area contributed by atoms with Crippen LogP contribution in [0, 0.1) is 0 Å². The van der Waals surface area contributed by atoms with Crippen molar-refractivity contribution in [2.75, 3.05) is 6.61 Å². The molecular weight excluding hydrogens is 546 g/mol. The first-order valence-corrected chi connectivity index (χ1v) is 16.1. The van der Waals surface area contributed by atoms with E-state index < -0.39 is 12.2 Å². The average Bonchev–Trinajstić information content (AvgIpc) is 3.02. The van der Waals surface area contributed by atoms with Gasteiger partial charge in [-0.15, -0.1) is 11.8 Å². The zero-order valence-corrected chi connectivity index (χ0v) is 25.3. The molecule has 0 unspecified atom stereocenters. The third kappa shape index (κ3) is 9.16. The fourth-order valence-corrected chi connectivity index (χ4v) is 7.32. The molecule has 5 atom stereocenters. The molecule has 1 N–H and O–H groups in total. The van der Waals surface area contributed by atoms with E-state index in [2.05, 4.69) is 41.7 Å². The van der Waals surface area contributed by atoms with Crippen LogP contribution >= 0.6 is 11.8 Å². The standard InChI is InChI=1S/C35H43NO5S/c1-26(37)36-32-34(40-24-29-18-10-4-11-19-29)33(39-23-28-16-8-3-9-17-28)31(25-38-22-27-14-6-2-7-15-27)41-35(32)42-30-20-12-5-13-21-30/h2-4,6-11,14-19,30-35H,5,12-13,20-25H2,1H3,(H,36,37)/t31-,32-,33+,34-,35-/m1/s1. The maximum atomic E-state index is 12.6. The van der Waals surface area contributed by atoms with E-state index in [1.54, 1.807) is 6.92 Å². The SMILES string of the molecule is CC(=O)N[C@@H]1[C@@H](OCc2ccccc2)[C@@H](OCc2ccccc2)[C@@H](COCc2ccccc2)O[C@@H]1SC1CCCCC1. The molecule has 3 aromatic rings. The molecule has 1 aliphatic carbocycles. The van der Waals surface area contributed by atoms with Gasteiger partial charge in [0, 0.05) is 12.2 Å². The number of hydrogen-bond acceptors (Lipinski definition) is 6. The van der Waals surface area contributed by atoms with Crippen LogP contribution in [-0.2, 0) is 43.6 Å². The van der Waals surface area contributed by atoms with E-state index >= 15 is 0 Å². The maximum Gasteiger partial charge on any atom is 0.217 e. The Hall–Kier alpha value is -2.68. The van der Waals surface area contributed by atoms with Crippen LogP contribution in [0.2, 0.25) is 0 Å². The summed E-state index contributed by atoms with van der Waals surface area (Å²) in [5.74, 6) is -0.105. The van der Waals surface area contributed by atoms with Gasteiger partial charge in [0.25, 0.3) is 0 Å². The minimum Gasteiger partial charge on any atom is -0.374 e. The summed E-state index contributed by atoms with van der Waals surface area (Å²) in [5.41, 5.74) is 2.97. The Balaban J connectivity index is 1.41. The zero-order chi connectivity index (χ0) is 29.0. The van der Waals surface area contributed by atoms with E-state index in [0.717, 1.165) is 29.5 Å². The Labute approximate surface area is 254 Å². The molecule has 0 radical (unpaired) electrons. The molecule has 6 nitrogen and oxygen atoms in total. The summed E-state index contributed by atoms with van der Waals surface area (Å²) in [4.78, 5) is 12.6. The number of nitrogens with one attached hydrogen (secondary N) is 1. The van der Waals surface area contributed by atoms with Crippen LogP contribution in [0.5, 0.6) is 0 Å². The molecule has 0 aromatic heterocycles. The number of benzene rings is 3. The second-order valence-corrected chi connectivity index (χ2v) is 12.6. The highest BCUT2D eigenvalue weighted by Crippen LogP contribution is 2.39. The molecule has 0 spiro atoms. The Bertz CT molecular complexity index is 1190. The van der Waals surface area contributed by atoms with Crippen molar-refractivity contribution >= 4 is 17.7 Å². The summed E-state index contributed by atoms with van der Waals surface area (Å²) in [6, 6.07) is 30.1. The highest BCUT2D eigenvalue weighted by molar-refractivity contribution is 8.00. The number of hydrogen-bond donors (Lipinski definition) is 1. The zero-order valence-electron chi connectivity index (χ0n) is 24.4. The van der Waals surface area contributed by atoms with E-state index in [1.165, 1.54) is 19.3 Å². The summed E-state index contributed by atoms with van der Waals surface area (Å²) in [6.07, 6.45) is 4.81. The summed E-state index contributed by atoms with van der Waals surface area (Å²) in [7, 11) is 0. The molecule has 7 heteroatoms. The molecular formula is C35H43NO5S. The van der Waals surface area contributed by atoms with Gasteiger partial charge in [-0.3, -0.25) is 4.79 Å².